The number of nitrogens with zero attached hydrogens (tertiary/aromatic N) is 3. The van der Waals surface area contributed by atoms with Crippen LogP contribution in [0.3, 0.4) is 0 Å². The molecule has 3 heterocycles. The van der Waals surface area contributed by atoms with Crippen molar-refractivity contribution in [2.24, 2.45) is 0 Å². The van der Waals surface area contributed by atoms with Crippen LogP contribution < -0.4 is 10.6 Å². The van der Waals surface area contributed by atoms with Gasteiger partial charge in [-0.25, -0.2) is 23.2 Å². The Kier molecular flexibility index (Phi) is 6.06. The van der Waals surface area contributed by atoms with Crippen LogP contribution in [0.25, 0.3) is 22.3 Å². The van der Waals surface area contributed by atoms with E-state index in [1.807, 2.05) is 13.8 Å². The average molecular weight is 459 g/mol. The Morgan fingerprint density at radius 1 is 1.27 bits per heavy atom. The molecule has 2 aromatic heterocycles. The van der Waals surface area contributed by atoms with Crippen LogP contribution in [0.15, 0.2) is 24.3 Å². The fraction of sp³-hybridized carbons (Fsp3) is 0.435. The summed E-state index contributed by atoms with van der Waals surface area (Å²) in [5.74, 6) is -1.99. The highest BCUT2D eigenvalue weighted by Crippen LogP contribution is 2.33. The molecule has 0 aliphatic carbocycles. The molecule has 1 atom stereocenters. The molecule has 2 N–H and O–H groups in total. The van der Waals surface area contributed by atoms with Gasteiger partial charge in [0.1, 0.15) is 11.3 Å². The molecule has 1 saturated heterocycles. The molecule has 3 aromatic rings. The lowest BCUT2D eigenvalue weighted by molar-refractivity contribution is 0.0381. The zero-order chi connectivity index (χ0) is 23.9. The Hall–Kier alpha value is -3.11. The Morgan fingerprint density at radius 2 is 2.00 bits per heavy atom. The molecule has 1 aliphatic rings. The van der Waals surface area contributed by atoms with E-state index in [1.54, 1.807) is 32.9 Å². The van der Waals surface area contributed by atoms with Crippen LogP contribution in [0, 0.1) is 11.6 Å². The fourth-order valence-electron chi connectivity index (χ4n) is 3.63. The van der Waals surface area contributed by atoms with Gasteiger partial charge in [0.15, 0.2) is 11.6 Å². The van der Waals surface area contributed by atoms with Crippen LogP contribution in [-0.2, 0) is 9.47 Å². The van der Waals surface area contributed by atoms with Crippen LogP contribution in [0.1, 0.15) is 52.6 Å². The third-order valence-corrected chi connectivity index (χ3v) is 5.02. The molecule has 1 amide bonds. The van der Waals surface area contributed by atoms with Gasteiger partial charge in [0.25, 0.3) is 0 Å². The molecule has 33 heavy (non-hydrogen) atoms. The molecule has 10 heteroatoms. The summed E-state index contributed by atoms with van der Waals surface area (Å²) in [6, 6.07) is 5.60. The SMILES string of the molecule is CC(C)c1nc(-c2nn(C3NCCO3)c3cc(F)c(F)cc23)ccc1NC(=O)OC(C)(C)C. The van der Waals surface area contributed by atoms with Gasteiger partial charge in [-0.3, -0.25) is 10.6 Å². The molecule has 0 radical (unpaired) electrons. The summed E-state index contributed by atoms with van der Waals surface area (Å²) < 4.78 is 40.6. The molecule has 8 nitrogen and oxygen atoms in total. The molecular formula is C23H27F2N5O3. The normalized spacial score (nSPS) is 16.5. The van der Waals surface area contributed by atoms with E-state index in [4.69, 9.17) is 14.5 Å². The number of hydrogen-bond donors (Lipinski definition) is 2. The monoisotopic (exact) mass is 459 g/mol. The second-order valence-electron chi connectivity index (χ2n) is 9.16. The standard InChI is InChI=1S/C23H27F2N5O3/c1-12(2)19-16(28-22(31)33-23(3,4)5)6-7-17(27-19)20-13-10-14(24)15(25)11-18(13)30(29-20)21-26-8-9-32-21/h6-7,10-12,21,26H,8-9H2,1-5H3,(H,28,31). The highest BCUT2D eigenvalue weighted by molar-refractivity contribution is 5.93. The highest BCUT2D eigenvalue weighted by Gasteiger charge is 2.25. The summed E-state index contributed by atoms with van der Waals surface area (Å²) in [7, 11) is 0. The number of aromatic nitrogens is 3. The number of anilines is 1. The summed E-state index contributed by atoms with van der Waals surface area (Å²) in [5.41, 5.74) is 1.69. The molecule has 1 aliphatic heterocycles. The van der Waals surface area contributed by atoms with Crippen molar-refractivity contribution in [3.05, 3.63) is 41.6 Å². The van der Waals surface area contributed by atoms with Gasteiger partial charge in [0.2, 0.25) is 6.35 Å². The van der Waals surface area contributed by atoms with Crippen molar-refractivity contribution >= 4 is 22.7 Å². The van der Waals surface area contributed by atoms with Crippen molar-refractivity contribution in [3.8, 4) is 11.4 Å². The number of carbonyl (C=O) groups excluding carboxylic acids is 1. The van der Waals surface area contributed by atoms with Crippen molar-refractivity contribution in [1.29, 1.82) is 0 Å². The van der Waals surface area contributed by atoms with Gasteiger partial charge in [-0.15, -0.1) is 0 Å². The zero-order valence-corrected chi connectivity index (χ0v) is 19.2. The van der Waals surface area contributed by atoms with Gasteiger partial charge in [-0.05, 0) is 44.9 Å². The maximum Gasteiger partial charge on any atom is 0.412 e. The number of benzene rings is 1. The van der Waals surface area contributed by atoms with Gasteiger partial charge in [-0.1, -0.05) is 13.8 Å². The van der Waals surface area contributed by atoms with Crippen LogP contribution in [0.4, 0.5) is 19.3 Å². The lowest BCUT2D eigenvalue weighted by Gasteiger charge is -2.21. The van der Waals surface area contributed by atoms with E-state index in [0.29, 0.717) is 46.8 Å². The number of carbonyl (C=O) groups is 1. The molecular weight excluding hydrogens is 432 g/mol. The van der Waals surface area contributed by atoms with E-state index >= 15 is 0 Å². The van der Waals surface area contributed by atoms with E-state index in [2.05, 4.69) is 15.7 Å². The van der Waals surface area contributed by atoms with Crippen molar-refractivity contribution in [2.45, 2.75) is 52.5 Å². The predicted octanol–water partition coefficient (Wildman–Crippen LogP) is 4.92. The first kappa shape index (κ1) is 23.1. The molecule has 1 unspecified atom stereocenters. The van der Waals surface area contributed by atoms with Crippen LogP contribution in [0.5, 0.6) is 0 Å². The second kappa shape index (κ2) is 8.68. The van der Waals surface area contributed by atoms with Crippen molar-refractivity contribution in [3.63, 3.8) is 0 Å². The molecule has 0 spiro atoms. The third-order valence-electron chi connectivity index (χ3n) is 5.02. The van der Waals surface area contributed by atoms with E-state index in [0.717, 1.165) is 12.1 Å². The fourth-order valence-corrected chi connectivity index (χ4v) is 3.63. The highest BCUT2D eigenvalue weighted by atomic mass is 19.2. The zero-order valence-electron chi connectivity index (χ0n) is 19.2. The minimum absolute atomic E-state index is 0.0442. The van der Waals surface area contributed by atoms with Crippen molar-refractivity contribution in [2.75, 3.05) is 18.5 Å². The lowest BCUT2D eigenvalue weighted by Crippen LogP contribution is -2.27. The summed E-state index contributed by atoms with van der Waals surface area (Å²) in [6.45, 7) is 10.3. The Balaban J connectivity index is 1.78. The second-order valence-corrected chi connectivity index (χ2v) is 9.16. The van der Waals surface area contributed by atoms with Gasteiger partial charge in [0, 0.05) is 18.0 Å². The van der Waals surface area contributed by atoms with Gasteiger partial charge in [-0.2, -0.15) is 5.10 Å². The van der Waals surface area contributed by atoms with Gasteiger partial charge >= 0.3 is 6.09 Å². The quantitative estimate of drug-likeness (QED) is 0.575. The van der Waals surface area contributed by atoms with E-state index in [9.17, 15) is 13.6 Å². The molecule has 1 aromatic carbocycles. The molecule has 176 valence electrons. The first-order chi connectivity index (χ1) is 15.5. The summed E-state index contributed by atoms with van der Waals surface area (Å²) in [5, 5.41) is 10.9. The average Bonchev–Trinajstić information content (AvgIpc) is 3.35. The number of amides is 1. The largest absolute Gasteiger partial charge is 0.444 e. The van der Waals surface area contributed by atoms with Gasteiger partial charge in [0.05, 0.1) is 29.2 Å². The predicted molar refractivity (Wildman–Crippen MR) is 120 cm³/mol. The topological polar surface area (TPSA) is 90.3 Å². The Bertz CT molecular complexity index is 1200. The summed E-state index contributed by atoms with van der Waals surface area (Å²) >= 11 is 0. The van der Waals surface area contributed by atoms with Crippen molar-refractivity contribution in [1.82, 2.24) is 20.1 Å². The molecule has 4 rings (SSSR count). The number of fused-ring (bicyclic) bond motifs is 1. The van der Waals surface area contributed by atoms with Crippen LogP contribution in [0.2, 0.25) is 0 Å². The number of nitrogens with one attached hydrogen (secondary N) is 2. The number of hydrogen-bond acceptors (Lipinski definition) is 6. The lowest BCUT2D eigenvalue weighted by atomic mass is 10.1. The van der Waals surface area contributed by atoms with E-state index in [-0.39, 0.29) is 5.92 Å². The summed E-state index contributed by atoms with van der Waals surface area (Å²) in [6.07, 6.45) is -1.18. The number of rotatable bonds is 4. The molecule has 0 bridgehead atoms. The number of ether oxygens (including phenoxy) is 2. The minimum atomic E-state index is -0.976. The smallest absolute Gasteiger partial charge is 0.412 e. The minimum Gasteiger partial charge on any atom is -0.444 e. The van der Waals surface area contributed by atoms with Crippen molar-refractivity contribution < 1.29 is 23.0 Å². The summed E-state index contributed by atoms with van der Waals surface area (Å²) in [4.78, 5) is 17.0. The Labute approximate surface area is 190 Å². The Morgan fingerprint density at radius 3 is 2.64 bits per heavy atom. The maximum absolute atomic E-state index is 14.1. The maximum atomic E-state index is 14.1. The molecule has 1 fully saturated rings. The van der Waals surface area contributed by atoms with Gasteiger partial charge < -0.3 is 9.47 Å². The third kappa shape index (κ3) is 4.81. The van der Waals surface area contributed by atoms with E-state index in [1.165, 1.54) is 4.68 Å². The first-order valence-corrected chi connectivity index (χ1v) is 10.8. The van der Waals surface area contributed by atoms with E-state index < -0.39 is 29.7 Å². The number of pyridine rings is 1. The first-order valence-electron chi connectivity index (χ1n) is 10.8. The van der Waals surface area contributed by atoms with Crippen LogP contribution >= 0.6 is 0 Å². The van der Waals surface area contributed by atoms with Crippen LogP contribution in [-0.4, -0.2) is 39.6 Å². The number of halogens is 2. The molecule has 0 saturated carbocycles.